The molecule has 1 aromatic rings. The van der Waals surface area contributed by atoms with Crippen molar-refractivity contribution in [3.63, 3.8) is 0 Å². The fourth-order valence-electron chi connectivity index (χ4n) is 1.67. The molecular weight excluding hydrogens is 248 g/mol. The number of carbonyl (C=O) groups excluding carboxylic acids is 1. The zero-order chi connectivity index (χ0) is 13.9. The lowest BCUT2D eigenvalue weighted by molar-refractivity contribution is 0.0955. The van der Waals surface area contributed by atoms with Crippen LogP contribution in [0.25, 0.3) is 0 Å². The Bertz CT molecular complexity index is 418. The minimum Gasteiger partial charge on any atom is -0.349 e. The highest BCUT2D eigenvalue weighted by Crippen LogP contribution is 2.33. The third kappa shape index (κ3) is 3.00. The number of thiazole rings is 1. The average Bonchev–Trinajstić information content (AvgIpc) is 2.74. The molecule has 102 valence electrons. The van der Waals surface area contributed by atoms with Crippen molar-refractivity contribution in [2.24, 2.45) is 5.84 Å². The topological polar surface area (TPSA) is 71.2 Å². The van der Waals surface area contributed by atoms with E-state index in [-0.39, 0.29) is 11.3 Å². The van der Waals surface area contributed by atoms with Gasteiger partial charge in [-0.25, -0.2) is 10.8 Å². The molecule has 0 aliphatic carbocycles. The van der Waals surface area contributed by atoms with Crippen molar-refractivity contribution in [1.29, 1.82) is 0 Å². The SMILES string of the molecule is CCN(CC)c1nc(C(C)(C)C)c(C(=O)NN)s1. The molecule has 0 aliphatic heterocycles. The molecule has 0 radical (unpaired) electrons. The summed E-state index contributed by atoms with van der Waals surface area (Å²) in [7, 11) is 0. The lowest BCUT2D eigenvalue weighted by atomic mass is 9.91. The van der Waals surface area contributed by atoms with Crippen LogP contribution in [0.4, 0.5) is 5.13 Å². The smallest absolute Gasteiger partial charge is 0.277 e. The van der Waals surface area contributed by atoms with Crippen molar-refractivity contribution in [2.75, 3.05) is 18.0 Å². The van der Waals surface area contributed by atoms with Crippen LogP contribution in [0, 0.1) is 0 Å². The van der Waals surface area contributed by atoms with Crippen molar-refractivity contribution in [2.45, 2.75) is 40.0 Å². The number of aromatic nitrogens is 1. The maximum Gasteiger partial charge on any atom is 0.277 e. The van der Waals surface area contributed by atoms with E-state index in [2.05, 4.69) is 29.2 Å². The molecule has 18 heavy (non-hydrogen) atoms. The maximum absolute atomic E-state index is 11.8. The molecule has 0 saturated carbocycles. The van der Waals surface area contributed by atoms with Crippen molar-refractivity contribution < 1.29 is 4.79 Å². The number of nitrogen functional groups attached to an aromatic ring is 1. The van der Waals surface area contributed by atoms with E-state index in [9.17, 15) is 4.79 Å². The predicted octanol–water partition coefficient (Wildman–Crippen LogP) is 1.89. The normalized spacial score (nSPS) is 11.4. The summed E-state index contributed by atoms with van der Waals surface area (Å²) in [6.45, 7) is 12.0. The summed E-state index contributed by atoms with van der Waals surface area (Å²) in [5.41, 5.74) is 2.82. The van der Waals surface area contributed by atoms with E-state index < -0.39 is 0 Å². The van der Waals surface area contributed by atoms with Gasteiger partial charge in [0.2, 0.25) is 0 Å². The van der Waals surface area contributed by atoms with Gasteiger partial charge in [-0.15, -0.1) is 0 Å². The maximum atomic E-state index is 11.8. The monoisotopic (exact) mass is 270 g/mol. The van der Waals surface area contributed by atoms with Crippen molar-refractivity contribution in [3.8, 4) is 0 Å². The highest BCUT2D eigenvalue weighted by atomic mass is 32.1. The zero-order valence-electron chi connectivity index (χ0n) is 11.7. The van der Waals surface area contributed by atoms with Gasteiger partial charge in [-0.1, -0.05) is 32.1 Å². The van der Waals surface area contributed by atoms with E-state index in [0.717, 1.165) is 23.9 Å². The van der Waals surface area contributed by atoms with Crippen LogP contribution in [0.1, 0.15) is 50.0 Å². The fourth-order valence-corrected chi connectivity index (χ4v) is 2.97. The molecule has 1 amide bonds. The summed E-state index contributed by atoms with van der Waals surface area (Å²) in [5.74, 6) is 4.96. The van der Waals surface area contributed by atoms with E-state index in [1.807, 2.05) is 20.8 Å². The number of anilines is 1. The summed E-state index contributed by atoms with van der Waals surface area (Å²) in [6, 6.07) is 0. The second-order valence-electron chi connectivity index (χ2n) is 5.07. The number of nitrogens with two attached hydrogens (primary N) is 1. The van der Waals surface area contributed by atoms with Crippen LogP contribution >= 0.6 is 11.3 Å². The first-order valence-electron chi connectivity index (χ1n) is 6.12. The predicted molar refractivity (Wildman–Crippen MR) is 76.0 cm³/mol. The van der Waals surface area contributed by atoms with Crippen molar-refractivity contribution in [1.82, 2.24) is 10.4 Å². The van der Waals surface area contributed by atoms with Gasteiger partial charge in [0.15, 0.2) is 5.13 Å². The van der Waals surface area contributed by atoms with E-state index in [1.54, 1.807) is 0 Å². The van der Waals surface area contributed by atoms with Crippen LogP contribution in [0.3, 0.4) is 0 Å². The Morgan fingerprint density at radius 1 is 1.39 bits per heavy atom. The molecule has 0 fully saturated rings. The number of hydrogen-bond donors (Lipinski definition) is 2. The highest BCUT2D eigenvalue weighted by Gasteiger charge is 2.27. The van der Waals surface area contributed by atoms with E-state index in [4.69, 9.17) is 5.84 Å². The lowest BCUT2D eigenvalue weighted by Gasteiger charge is -2.18. The second kappa shape index (κ2) is 5.67. The number of hydrogen-bond acceptors (Lipinski definition) is 5. The van der Waals surface area contributed by atoms with Gasteiger partial charge >= 0.3 is 0 Å². The molecule has 5 nitrogen and oxygen atoms in total. The minimum atomic E-state index is -0.268. The highest BCUT2D eigenvalue weighted by molar-refractivity contribution is 7.17. The summed E-state index contributed by atoms with van der Waals surface area (Å²) in [4.78, 5) is 19.2. The first-order valence-corrected chi connectivity index (χ1v) is 6.94. The quantitative estimate of drug-likeness (QED) is 0.498. The molecule has 1 heterocycles. The summed E-state index contributed by atoms with van der Waals surface area (Å²) in [6.07, 6.45) is 0. The first kappa shape index (κ1) is 14.9. The van der Waals surface area contributed by atoms with E-state index in [1.165, 1.54) is 11.3 Å². The number of hydrazine groups is 1. The van der Waals surface area contributed by atoms with Gasteiger partial charge in [-0.3, -0.25) is 10.2 Å². The number of amides is 1. The van der Waals surface area contributed by atoms with Gasteiger partial charge in [0, 0.05) is 18.5 Å². The molecule has 0 aliphatic rings. The van der Waals surface area contributed by atoms with Crippen LogP contribution in [-0.2, 0) is 5.41 Å². The second-order valence-corrected chi connectivity index (χ2v) is 6.05. The molecule has 1 rings (SSSR count). The fraction of sp³-hybridized carbons (Fsp3) is 0.667. The Kier molecular flexibility index (Phi) is 4.70. The minimum absolute atomic E-state index is 0.177. The van der Waals surface area contributed by atoms with Gasteiger partial charge in [-0.05, 0) is 13.8 Å². The van der Waals surface area contributed by atoms with Gasteiger partial charge in [0.05, 0.1) is 5.69 Å². The van der Waals surface area contributed by atoms with Gasteiger partial charge in [0.25, 0.3) is 5.91 Å². The molecule has 0 bridgehead atoms. The van der Waals surface area contributed by atoms with Crippen molar-refractivity contribution >= 4 is 22.4 Å². The zero-order valence-corrected chi connectivity index (χ0v) is 12.5. The molecule has 1 aromatic heterocycles. The Balaban J connectivity index is 3.27. The Morgan fingerprint density at radius 2 is 1.94 bits per heavy atom. The van der Waals surface area contributed by atoms with Crippen molar-refractivity contribution in [3.05, 3.63) is 10.6 Å². The number of nitrogens with zero attached hydrogens (tertiary/aromatic N) is 2. The number of carbonyl (C=O) groups is 1. The molecule has 0 unspecified atom stereocenters. The average molecular weight is 270 g/mol. The molecule has 0 aromatic carbocycles. The third-order valence-electron chi connectivity index (χ3n) is 2.70. The van der Waals surface area contributed by atoms with Crippen LogP contribution in [0.15, 0.2) is 0 Å². The summed E-state index contributed by atoms with van der Waals surface area (Å²) in [5, 5.41) is 0.878. The molecular formula is C12H22N4OS. The van der Waals surface area contributed by atoms with Gasteiger partial charge in [0.1, 0.15) is 4.88 Å². The Morgan fingerprint density at radius 3 is 2.33 bits per heavy atom. The third-order valence-corrected chi connectivity index (χ3v) is 3.81. The molecule has 0 spiro atoms. The molecule has 0 atom stereocenters. The van der Waals surface area contributed by atoms with Crippen LogP contribution < -0.4 is 16.2 Å². The largest absolute Gasteiger partial charge is 0.349 e. The number of nitrogens with one attached hydrogen (secondary N) is 1. The summed E-state index contributed by atoms with van der Waals surface area (Å²) >= 11 is 1.40. The van der Waals surface area contributed by atoms with Crippen LogP contribution in [-0.4, -0.2) is 24.0 Å². The molecule has 6 heteroatoms. The first-order chi connectivity index (χ1) is 8.35. The van der Waals surface area contributed by atoms with E-state index in [0.29, 0.717) is 4.88 Å². The summed E-state index contributed by atoms with van der Waals surface area (Å²) < 4.78 is 0. The van der Waals surface area contributed by atoms with Crippen LogP contribution in [0.2, 0.25) is 0 Å². The standard InChI is InChI=1S/C12H22N4OS/c1-6-16(7-2)11-14-9(12(3,4)5)8(18-11)10(17)15-13/h6-7,13H2,1-5H3,(H,15,17). The van der Waals surface area contributed by atoms with Crippen LogP contribution in [0.5, 0.6) is 0 Å². The molecule has 0 saturated heterocycles. The molecule has 3 N–H and O–H groups in total. The van der Waals surface area contributed by atoms with E-state index >= 15 is 0 Å². The number of rotatable bonds is 4. The lowest BCUT2D eigenvalue weighted by Crippen LogP contribution is -2.31. The Hall–Kier alpha value is -1.14. The van der Waals surface area contributed by atoms with Gasteiger partial charge in [-0.2, -0.15) is 0 Å². The van der Waals surface area contributed by atoms with Gasteiger partial charge < -0.3 is 4.90 Å². The Labute approximate surface area is 112 Å².